The molecule has 3 aliphatic rings. The first kappa shape index (κ1) is 16.7. The van der Waals surface area contributed by atoms with Gasteiger partial charge in [-0.15, -0.1) is 0 Å². The van der Waals surface area contributed by atoms with Crippen LogP contribution >= 0.6 is 0 Å². The van der Waals surface area contributed by atoms with Gasteiger partial charge in [0, 0.05) is 25.9 Å². The third kappa shape index (κ3) is 3.75. The molecule has 4 rings (SSSR count). The largest absolute Gasteiger partial charge is 0.488 e. The first-order chi connectivity index (χ1) is 12.2. The van der Waals surface area contributed by atoms with Crippen molar-refractivity contribution in [2.75, 3.05) is 26.3 Å². The van der Waals surface area contributed by atoms with Gasteiger partial charge in [-0.25, -0.2) is 4.79 Å². The number of carbonyl (C=O) groups is 1. The van der Waals surface area contributed by atoms with E-state index in [1.54, 1.807) is 0 Å². The maximum Gasteiger partial charge on any atom is 0.317 e. The first-order valence-electron chi connectivity index (χ1n) is 9.29. The number of benzene rings is 1. The molecule has 2 amide bonds. The van der Waals surface area contributed by atoms with Crippen LogP contribution in [0.5, 0.6) is 5.75 Å². The lowest BCUT2D eigenvalue weighted by molar-refractivity contribution is -0.181. The molecule has 2 atom stereocenters. The Morgan fingerprint density at radius 1 is 1.12 bits per heavy atom. The zero-order valence-electron chi connectivity index (χ0n) is 14.5. The predicted octanol–water partition coefficient (Wildman–Crippen LogP) is 2.54. The van der Waals surface area contributed by atoms with Crippen LogP contribution in [-0.4, -0.2) is 55.2 Å². The van der Waals surface area contributed by atoms with E-state index in [1.807, 2.05) is 35.2 Å². The summed E-state index contributed by atoms with van der Waals surface area (Å²) in [6.45, 7) is 2.66. The summed E-state index contributed by atoms with van der Waals surface area (Å²) in [5.74, 6) is 0.424. The number of nitrogens with zero attached hydrogens (tertiary/aromatic N) is 1. The molecule has 2 heterocycles. The molecule has 0 aromatic heterocycles. The number of ether oxygens (including phenoxy) is 3. The fourth-order valence-electron chi connectivity index (χ4n) is 3.99. The summed E-state index contributed by atoms with van der Waals surface area (Å²) in [7, 11) is 0. The molecule has 6 nitrogen and oxygen atoms in total. The van der Waals surface area contributed by atoms with Crippen molar-refractivity contribution in [1.82, 2.24) is 10.2 Å². The number of hydrogen-bond donors (Lipinski definition) is 1. The Kier molecular flexibility index (Phi) is 4.81. The highest BCUT2D eigenvalue weighted by Crippen LogP contribution is 2.31. The number of para-hydroxylation sites is 1. The van der Waals surface area contributed by atoms with Gasteiger partial charge in [-0.05, 0) is 31.4 Å². The Labute approximate surface area is 148 Å². The van der Waals surface area contributed by atoms with Gasteiger partial charge in [-0.3, -0.25) is 0 Å². The molecule has 1 aromatic carbocycles. The van der Waals surface area contributed by atoms with Crippen molar-refractivity contribution in [2.45, 2.75) is 50.0 Å². The summed E-state index contributed by atoms with van der Waals surface area (Å²) in [4.78, 5) is 14.5. The number of urea groups is 1. The minimum absolute atomic E-state index is 0.00130. The molecule has 1 aliphatic carbocycles. The Morgan fingerprint density at radius 2 is 1.84 bits per heavy atom. The van der Waals surface area contributed by atoms with Crippen LogP contribution in [0, 0.1) is 0 Å². The molecule has 2 unspecified atom stereocenters. The van der Waals surface area contributed by atoms with Crippen molar-refractivity contribution < 1.29 is 19.0 Å². The minimum atomic E-state index is -0.441. The SMILES string of the molecule is O=C(NC1CCCC1Oc1ccccc1)N1CCC2(CC1)OCCO2. The van der Waals surface area contributed by atoms with E-state index in [0.29, 0.717) is 26.3 Å². The topological polar surface area (TPSA) is 60.0 Å². The van der Waals surface area contributed by atoms with Crippen LogP contribution in [0.2, 0.25) is 0 Å². The number of piperidine rings is 1. The van der Waals surface area contributed by atoms with Gasteiger partial charge in [0.15, 0.2) is 5.79 Å². The average molecular weight is 346 g/mol. The van der Waals surface area contributed by atoms with Crippen LogP contribution in [0.25, 0.3) is 0 Å². The van der Waals surface area contributed by atoms with Crippen molar-refractivity contribution in [1.29, 1.82) is 0 Å². The zero-order valence-corrected chi connectivity index (χ0v) is 14.5. The summed E-state index contributed by atoms with van der Waals surface area (Å²) in [6, 6.07) is 9.90. The molecule has 0 bridgehead atoms. The van der Waals surface area contributed by atoms with Gasteiger partial charge in [-0.1, -0.05) is 18.2 Å². The number of nitrogens with one attached hydrogen (secondary N) is 1. The number of likely N-dealkylation sites (tertiary alicyclic amines) is 1. The molecule has 1 aromatic rings. The van der Waals surface area contributed by atoms with Crippen molar-refractivity contribution in [2.24, 2.45) is 0 Å². The van der Waals surface area contributed by atoms with Gasteiger partial charge in [0.1, 0.15) is 11.9 Å². The minimum Gasteiger partial charge on any atom is -0.488 e. The second-order valence-electron chi connectivity index (χ2n) is 7.05. The van der Waals surface area contributed by atoms with Gasteiger partial charge >= 0.3 is 6.03 Å². The van der Waals surface area contributed by atoms with Crippen molar-refractivity contribution in [3.05, 3.63) is 30.3 Å². The summed E-state index contributed by atoms with van der Waals surface area (Å²) >= 11 is 0. The van der Waals surface area contributed by atoms with Crippen LogP contribution in [0.3, 0.4) is 0 Å². The van der Waals surface area contributed by atoms with E-state index in [0.717, 1.165) is 37.9 Å². The van der Waals surface area contributed by atoms with Gasteiger partial charge in [0.05, 0.1) is 19.3 Å². The van der Waals surface area contributed by atoms with E-state index < -0.39 is 5.79 Å². The zero-order chi connectivity index (χ0) is 17.1. The van der Waals surface area contributed by atoms with E-state index in [1.165, 1.54) is 0 Å². The molecule has 2 saturated heterocycles. The van der Waals surface area contributed by atoms with Crippen LogP contribution in [0.4, 0.5) is 4.79 Å². The fraction of sp³-hybridized carbons (Fsp3) is 0.632. The molecule has 1 saturated carbocycles. The quantitative estimate of drug-likeness (QED) is 0.914. The molecule has 1 N–H and O–H groups in total. The van der Waals surface area contributed by atoms with Crippen LogP contribution in [0.15, 0.2) is 30.3 Å². The predicted molar refractivity (Wildman–Crippen MR) is 92.5 cm³/mol. The lowest BCUT2D eigenvalue weighted by Gasteiger charge is -2.38. The number of rotatable bonds is 3. The maximum atomic E-state index is 12.6. The molecular weight excluding hydrogens is 320 g/mol. The summed E-state index contributed by atoms with van der Waals surface area (Å²) in [5, 5.41) is 3.18. The van der Waals surface area contributed by atoms with E-state index in [-0.39, 0.29) is 18.2 Å². The molecule has 0 radical (unpaired) electrons. The van der Waals surface area contributed by atoms with E-state index >= 15 is 0 Å². The van der Waals surface area contributed by atoms with Gasteiger partial charge in [-0.2, -0.15) is 0 Å². The molecule has 25 heavy (non-hydrogen) atoms. The first-order valence-corrected chi connectivity index (χ1v) is 9.29. The highest BCUT2D eigenvalue weighted by molar-refractivity contribution is 5.74. The number of carbonyl (C=O) groups excluding carboxylic acids is 1. The van der Waals surface area contributed by atoms with Gasteiger partial charge < -0.3 is 24.4 Å². The van der Waals surface area contributed by atoms with Crippen LogP contribution in [-0.2, 0) is 9.47 Å². The Balaban J connectivity index is 1.29. The lowest BCUT2D eigenvalue weighted by Crippen LogP contribution is -2.53. The van der Waals surface area contributed by atoms with Crippen molar-refractivity contribution in [3.8, 4) is 5.75 Å². The monoisotopic (exact) mass is 346 g/mol. The Hall–Kier alpha value is -1.79. The van der Waals surface area contributed by atoms with E-state index in [9.17, 15) is 4.79 Å². The Bertz CT molecular complexity index is 578. The molecule has 1 spiro atoms. The van der Waals surface area contributed by atoms with Crippen LogP contribution < -0.4 is 10.1 Å². The van der Waals surface area contributed by atoms with Crippen LogP contribution in [0.1, 0.15) is 32.1 Å². The number of hydrogen-bond acceptors (Lipinski definition) is 4. The average Bonchev–Trinajstić information content (AvgIpc) is 3.27. The standard InChI is InChI=1S/C19H26N2O4/c22-18(21-11-9-19(10-12-21)23-13-14-24-19)20-16-7-4-8-17(16)25-15-5-2-1-3-6-15/h1-3,5-6,16-17H,4,7-14H2,(H,20,22). The molecule has 2 aliphatic heterocycles. The second kappa shape index (κ2) is 7.22. The van der Waals surface area contributed by atoms with E-state index in [2.05, 4.69) is 5.32 Å². The lowest BCUT2D eigenvalue weighted by atomic mass is 10.0. The highest BCUT2D eigenvalue weighted by Gasteiger charge is 2.41. The third-order valence-electron chi connectivity index (χ3n) is 5.42. The van der Waals surface area contributed by atoms with Gasteiger partial charge in [0.25, 0.3) is 0 Å². The molecule has 6 heteroatoms. The van der Waals surface area contributed by atoms with Crippen molar-refractivity contribution >= 4 is 6.03 Å². The second-order valence-corrected chi connectivity index (χ2v) is 7.05. The van der Waals surface area contributed by atoms with Crippen molar-refractivity contribution in [3.63, 3.8) is 0 Å². The highest BCUT2D eigenvalue weighted by atomic mass is 16.7. The normalized spacial score (nSPS) is 28.2. The molecular formula is C19H26N2O4. The number of amides is 2. The fourth-order valence-corrected chi connectivity index (χ4v) is 3.99. The smallest absolute Gasteiger partial charge is 0.317 e. The molecule has 136 valence electrons. The Morgan fingerprint density at radius 3 is 2.56 bits per heavy atom. The molecule has 3 fully saturated rings. The van der Waals surface area contributed by atoms with Gasteiger partial charge in [0.2, 0.25) is 0 Å². The van der Waals surface area contributed by atoms with E-state index in [4.69, 9.17) is 14.2 Å². The third-order valence-corrected chi connectivity index (χ3v) is 5.42. The summed E-state index contributed by atoms with van der Waals surface area (Å²) in [5.41, 5.74) is 0. The summed E-state index contributed by atoms with van der Waals surface area (Å²) < 4.78 is 17.5. The summed E-state index contributed by atoms with van der Waals surface area (Å²) in [6.07, 6.45) is 4.55. The maximum absolute atomic E-state index is 12.6.